The molecular formula is C28H38N4O8. The summed E-state index contributed by atoms with van der Waals surface area (Å²) in [6.07, 6.45) is -1.18. The first kappa shape index (κ1) is 32.1. The normalized spacial score (nSPS) is 14.8. The number of aliphatic hydroxyl groups is 1. The van der Waals surface area contributed by atoms with E-state index in [-0.39, 0.29) is 30.3 Å². The van der Waals surface area contributed by atoms with Gasteiger partial charge in [0.25, 0.3) is 0 Å². The molecular weight excluding hydrogens is 520 g/mol. The highest BCUT2D eigenvalue weighted by atomic mass is 16.4. The molecule has 0 saturated carbocycles. The van der Waals surface area contributed by atoms with Gasteiger partial charge in [-0.1, -0.05) is 38.1 Å². The number of aliphatic carboxylic acids is 1. The monoisotopic (exact) mass is 558 g/mol. The lowest BCUT2D eigenvalue weighted by molar-refractivity contribution is -0.143. The number of amides is 3. The number of aliphatic hydroxyl groups excluding tert-OH is 1. The largest absolute Gasteiger partial charge is 0.508 e. The van der Waals surface area contributed by atoms with Gasteiger partial charge in [-0.2, -0.15) is 0 Å². The van der Waals surface area contributed by atoms with Crippen molar-refractivity contribution in [1.82, 2.24) is 16.0 Å². The molecule has 0 radical (unpaired) electrons. The summed E-state index contributed by atoms with van der Waals surface area (Å²) in [5.41, 5.74) is 7.10. The molecule has 5 unspecified atom stereocenters. The standard InChI is InChI=1S/C28H38N4O8/c1-15(2)12-21(29)25(36)30-22(13-17-4-8-19(34)9-5-17)26(37)32-24(16(3)33)27(38)31-23(28(39)40)14-18-6-10-20(35)11-7-18/h4-11,15-16,21-24,33-35H,12-14,29H2,1-3H3,(H,30,36)(H,31,38)(H,32,37)(H,39,40). The van der Waals surface area contributed by atoms with Gasteiger partial charge < -0.3 is 42.1 Å². The van der Waals surface area contributed by atoms with Crippen molar-refractivity contribution >= 4 is 23.7 Å². The van der Waals surface area contributed by atoms with Gasteiger partial charge >= 0.3 is 5.97 Å². The number of nitrogens with two attached hydrogens (primary N) is 1. The van der Waals surface area contributed by atoms with Crippen LogP contribution in [0.2, 0.25) is 0 Å². The van der Waals surface area contributed by atoms with Crippen molar-refractivity contribution in [3.8, 4) is 11.5 Å². The Labute approximate surface area is 232 Å². The van der Waals surface area contributed by atoms with E-state index in [1.54, 1.807) is 12.1 Å². The Bertz CT molecular complexity index is 1150. The second kappa shape index (κ2) is 14.8. The van der Waals surface area contributed by atoms with E-state index in [1.807, 2.05) is 13.8 Å². The number of rotatable bonds is 14. The predicted octanol–water partition coefficient (Wildman–Crippen LogP) is 0.176. The molecule has 40 heavy (non-hydrogen) atoms. The predicted molar refractivity (Wildman–Crippen MR) is 146 cm³/mol. The maximum Gasteiger partial charge on any atom is 0.326 e. The molecule has 2 aromatic rings. The Balaban J connectivity index is 2.21. The summed E-state index contributed by atoms with van der Waals surface area (Å²) in [7, 11) is 0. The first-order valence-electron chi connectivity index (χ1n) is 12.9. The second-order valence-electron chi connectivity index (χ2n) is 10.2. The first-order valence-corrected chi connectivity index (χ1v) is 12.9. The number of carbonyl (C=O) groups excluding carboxylic acids is 3. The fourth-order valence-electron chi connectivity index (χ4n) is 3.96. The number of carbonyl (C=O) groups is 4. The molecule has 2 aromatic carbocycles. The molecule has 0 aromatic heterocycles. The Morgan fingerprint density at radius 1 is 0.725 bits per heavy atom. The minimum atomic E-state index is -1.54. The number of hydrogen-bond acceptors (Lipinski definition) is 8. The average molecular weight is 559 g/mol. The molecule has 9 N–H and O–H groups in total. The maximum absolute atomic E-state index is 13.3. The van der Waals surface area contributed by atoms with E-state index < -0.39 is 54.0 Å². The quantitative estimate of drug-likeness (QED) is 0.159. The molecule has 0 heterocycles. The van der Waals surface area contributed by atoms with Crippen molar-refractivity contribution in [2.24, 2.45) is 11.7 Å². The molecule has 0 fully saturated rings. The van der Waals surface area contributed by atoms with E-state index in [4.69, 9.17) is 5.73 Å². The van der Waals surface area contributed by atoms with E-state index in [9.17, 15) is 39.6 Å². The van der Waals surface area contributed by atoms with Crippen molar-refractivity contribution in [2.75, 3.05) is 0 Å². The zero-order chi connectivity index (χ0) is 30.0. The number of hydrogen-bond donors (Lipinski definition) is 8. The van der Waals surface area contributed by atoms with Crippen LogP contribution in [0.4, 0.5) is 0 Å². The fourth-order valence-corrected chi connectivity index (χ4v) is 3.96. The van der Waals surface area contributed by atoms with Crippen LogP contribution in [-0.2, 0) is 32.0 Å². The summed E-state index contributed by atoms with van der Waals surface area (Å²) in [5.74, 6) is -3.53. The van der Waals surface area contributed by atoms with Crippen molar-refractivity contribution in [1.29, 1.82) is 0 Å². The summed E-state index contributed by atoms with van der Waals surface area (Å²) in [6, 6.07) is 6.72. The summed E-state index contributed by atoms with van der Waals surface area (Å²) in [6.45, 7) is 5.05. The minimum Gasteiger partial charge on any atom is -0.508 e. The fraction of sp³-hybridized carbons (Fsp3) is 0.429. The molecule has 0 spiro atoms. The SMILES string of the molecule is CC(C)CC(N)C(=O)NC(Cc1ccc(O)cc1)C(=O)NC(C(=O)NC(Cc1ccc(O)cc1)C(=O)O)C(C)O. The van der Waals surface area contributed by atoms with Crippen LogP contribution in [0.3, 0.4) is 0 Å². The Hall–Kier alpha value is -4.16. The van der Waals surface area contributed by atoms with E-state index in [0.717, 1.165) is 0 Å². The highest BCUT2D eigenvalue weighted by molar-refractivity contribution is 5.94. The molecule has 218 valence electrons. The van der Waals surface area contributed by atoms with Crippen LogP contribution in [0.5, 0.6) is 11.5 Å². The Kier molecular flexibility index (Phi) is 11.9. The lowest BCUT2D eigenvalue weighted by Crippen LogP contribution is -2.60. The number of benzene rings is 2. The van der Waals surface area contributed by atoms with Gasteiger partial charge in [0.05, 0.1) is 12.1 Å². The van der Waals surface area contributed by atoms with Crippen LogP contribution >= 0.6 is 0 Å². The highest BCUT2D eigenvalue weighted by Crippen LogP contribution is 2.14. The molecule has 12 nitrogen and oxygen atoms in total. The number of aromatic hydroxyl groups is 2. The van der Waals surface area contributed by atoms with Crippen molar-refractivity contribution in [3.05, 3.63) is 59.7 Å². The second-order valence-corrected chi connectivity index (χ2v) is 10.2. The van der Waals surface area contributed by atoms with Crippen molar-refractivity contribution < 1.29 is 39.6 Å². The third-order valence-corrected chi connectivity index (χ3v) is 6.12. The smallest absolute Gasteiger partial charge is 0.326 e. The van der Waals surface area contributed by atoms with Gasteiger partial charge in [-0.05, 0) is 54.7 Å². The average Bonchev–Trinajstić information content (AvgIpc) is 2.87. The molecule has 0 saturated heterocycles. The first-order chi connectivity index (χ1) is 18.8. The highest BCUT2D eigenvalue weighted by Gasteiger charge is 2.33. The molecule has 0 bridgehead atoms. The molecule has 5 atom stereocenters. The van der Waals surface area contributed by atoms with Gasteiger partial charge in [0.1, 0.15) is 29.6 Å². The van der Waals surface area contributed by atoms with Gasteiger partial charge in [-0.3, -0.25) is 14.4 Å². The van der Waals surface area contributed by atoms with Crippen LogP contribution < -0.4 is 21.7 Å². The number of phenolic OH excluding ortho intramolecular Hbond substituents is 2. The molecule has 3 amide bonds. The van der Waals surface area contributed by atoms with Crippen molar-refractivity contribution in [2.45, 2.75) is 70.3 Å². The van der Waals surface area contributed by atoms with E-state index in [0.29, 0.717) is 17.5 Å². The number of phenols is 2. The lowest BCUT2D eigenvalue weighted by Gasteiger charge is -2.27. The Morgan fingerprint density at radius 3 is 1.60 bits per heavy atom. The molecule has 0 aliphatic heterocycles. The lowest BCUT2D eigenvalue weighted by atomic mass is 10.0. The van der Waals surface area contributed by atoms with Crippen LogP contribution in [0.1, 0.15) is 38.3 Å². The van der Waals surface area contributed by atoms with Gasteiger partial charge in [0.2, 0.25) is 17.7 Å². The van der Waals surface area contributed by atoms with Crippen molar-refractivity contribution in [3.63, 3.8) is 0 Å². The molecule has 2 rings (SSSR count). The minimum absolute atomic E-state index is 0.00402. The topological polar surface area (TPSA) is 211 Å². The summed E-state index contributed by atoms with van der Waals surface area (Å²) in [5, 5.41) is 46.3. The molecule has 0 aliphatic carbocycles. The van der Waals surface area contributed by atoms with Gasteiger partial charge in [-0.15, -0.1) is 0 Å². The summed E-state index contributed by atoms with van der Waals surface area (Å²) >= 11 is 0. The summed E-state index contributed by atoms with van der Waals surface area (Å²) in [4.78, 5) is 50.9. The van der Waals surface area contributed by atoms with Gasteiger partial charge in [0, 0.05) is 12.8 Å². The number of carboxylic acid groups (broad SMARTS) is 1. The number of carboxylic acids is 1. The van der Waals surface area contributed by atoms with Gasteiger partial charge in [-0.25, -0.2) is 4.79 Å². The molecule has 0 aliphatic rings. The van der Waals surface area contributed by atoms with E-state index >= 15 is 0 Å². The Morgan fingerprint density at radius 2 is 1.18 bits per heavy atom. The zero-order valence-corrected chi connectivity index (χ0v) is 22.7. The molecule has 12 heteroatoms. The van der Waals surface area contributed by atoms with Gasteiger partial charge in [0.15, 0.2) is 0 Å². The zero-order valence-electron chi connectivity index (χ0n) is 22.7. The van der Waals surface area contributed by atoms with Crippen LogP contribution in [0.25, 0.3) is 0 Å². The third-order valence-electron chi connectivity index (χ3n) is 6.12. The van der Waals surface area contributed by atoms with E-state index in [1.165, 1.54) is 43.3 Å². The summed E-state index contributed by atoms with van der Waals surface area (Å²) < 4.78 is 0. The number of nitrogens with one attached hydrogen (secondary N) is 3. The maximum atomic E-state index is 13.3. The third kappa shape index (κ3) is 10.2. The van der Waals surface area contributed by atoms with Crippen LogP contribution in [0.15, 0.2) is 48.5 Å². The van der Waals surface area contributed by atoms with Crippen LogP contribution in [0, 0.1) is 5.92 Å². The van der Waals surface area contributed by atoms with E-state index in [2.05, 4.69) is 16.0 Å². The van der Waals surface area contributed by atoms with Crippen LogP contribution in [-0.4, -0.2) is 74.4 Å².